The van der Waals surface area contributed by atoms with Gasteiger partial charge in [-0.25, -0.2) is 18.7 Å². The Kier molecular flexibility index (Phi) is 2.71. The zero-order valence-corrected chi connectivity index (χ0v) is 10.5. The lowest BCUT2D eigenvalue weighted by Crippen LogP contribution is -1.98. The molecule has 0 spiro atoms. The second-order valence-corrected chi connectivity index (χ2v) is 4.38. The van der Waals surface area contributed by atoms with Gasteiger partial charge in [0.15, 0.2) is 5.65 Å². The van der Waals surface area contributed by atoms with Crippen molar-refractivity contribution >= 4 is 11.6 Å². The highest BCUT2D eigenvalue weighted by atomic mass is 19.1. The third kappa shape index (κ3) is 1.91. The van der Waals surface area contributed by atoms with Crippen LogP contribution in [0.1, 0.15) is 16.1 Å². The van der Waals surface area contributed by atoms with Crippen LogP contribution in [0.25, 0.3) is 16.8 Å². The van der Waals surface area contributed by atoms with E-state index in [4.69, 9.17) is 5.11 Å². The highest BCUT2D eigenvalue weighted by molar-refractivity contribution is 5.91. The second-order valence-electron chi connectivity index (χ2n) is 4.38. The number of aromatic nitrogens is 3. The first kappa shape index (κ1) is 12.3. The van der Waals surface area contributed by atoms with E-state index >= 15 is 0 Å². The molecule has 0 fully saturated rings. The zero-order chi connectivity index (χ0) is 14.3. The minimum atomic E-state index is -1.17. The SMILES string of the molecule is Cc1nn2cccnc2c1-c1cc(F)cc(C(=O)O)c1. The van der Waals surface area contributed by atoms with Crippen molar-refractivity contribution in [2.45, 2.75) is 6.92 Å². The first-order chi connectivity index (χ1) is 9.56. The average Bonchev–Trinajstić information content (AvgIpc) is 2.73. The van der Waals surface area contributed by atoms with Crippen LogP contribution in [0.4, 0.5) is 4.39 Å². The quantitative estimate of drug-likeness (QED) is 0.777. The van der Waals surface area contributed by atoms with E-state index in [2.05, 4.69) is 10.1 Å². The van der Waals surface area contributed by atoms with Crippen molar-refractivity contribution in [1.82, 2.24) is 14.6 Å². The van der Waals surface area contributed by atoms with E-state index in [0.717, 1.165) is 6.07 Å². The molecule has 2 aromatic heterocycles. The molecule has 0 amide bonds. The van der Waals surface area contributed by atoms with Gasteiger partial charge in [0.05, 0.1) is 11.3 Å². The van der Waals surface area contributed by atoms with Crippen LogP contribution in [0.5, 0.6) is 0 Å². The molecule has 0 unspecified atom stereocenters. The molecule has 0 bridgehead atoms. The largest absolute Gasteiger partial charge is 0.478 e. The van der Waals surface area contributed by atoms with E-state index in [1.807, 2.05) is 0 Å². The van der Waals surface area contributed by atoms with Gasteiger partial charge in [-0.05, 0) is 36.8 Å². The number of benzene rings is 1. The number of aromatic carboxylic acids is 1. The van der Waals surface area contributed by atoms with Gasteiger partial charge in [-0.3, -0.25) is 0 Å². The molecule has 1 aromatic carbocycles. The van der Waals surface area contributed by atoms with Crippen LogP contribution in [0.15, 0.2) is 36.7 Å². The number of carboxylic acids is 1. The van der Waals surface area contributed by atoms with Gasteiger partial charge in [0, 0.05) is 18.0 Å². The van der Waals surface area contributed by atoms with Crippen LogP contribution in [0.3, 0.4) is 0 Å². The minimum absolute atomic E-state index is 0.102. The summed E-state index contributed by atoms with van der Waals surface area (Å²) < 4.78 is 15.2. The molecule has 0 aliphatic rings. The fraction of sp³-hybridized carbons (Fsp3) is 0.0714. The number of carbonyl (C=O) groups is 1. The van der Waals surface area contributed by atoms with E-state index < -0.39 is 11.8 Å². The summed E-state index contributed by atoms with van der Waals surface area (Å²) in [6.45, 7) is 1.77. The number of fused-ring (bicyclic) bond motifs is 1. The summed E-state index contributed by atoms with van der Waals surface area (Å²) in [4.78, 5) is 15.2. The summed E-state index contributed by atoms with van der Waals surface area (Å²) in [5.41, 5.74) is 2.20. The molecule has 100 valence electrons. The number of nitrogens with zero attached hydrogens (tertiary/aromatic N) is 3. The highest BCUT2D eigenvalue weighted by Gasteiger charge is 2.15. The molecule has 0 saturated carbocycles. The topological polar surface area (TPSA) is 67.5 Å². The second kappa shape index (κ2) is 4.41. The zero-order valence-electron chi connectivity index (χ0n) is 10.5. The van der Waals surface area contributed by atoms with Crippen molar-refractivity contribution in [3.05, 3.63) is 53.7 Å². The Hall–Kier alpha value is -2.76. The standard InChI is InChI=1S/C14H10FN3O2/c1-8-12(13-16-3-2-4-18(13)17-8)9-5-10(14(19)20)7-11(15)6-9/h2-7H,1H3,(H,19,20). The van der Waals surface area contributed by atoms with Crippen molar-refractivity contribution < 1.29 is 14.3 Å². The first-order valence-electron chi connectivity index (χ1n) is 5.90. The Morgan fingerprint density at radius 2 is 2.15 bits per heavy atom. The fourth-order valence-corrected chi connectivity index (χ4v) is 2.19. The van der Waals surface area contributed by atoms with E-state index in [-0.39, 0.29) is 5.56 Å². The normalized spacial score (nSPS) is 10.9. The van der Waals surface area contributed by atoms with Gasteiger partial charge in [0.1, 0.15) is 5.82 Å². The molecule has 20 heavy (non-hydrogen) atoms. The van der Waals surface area contributed by atoms with Crippen molar-refractivity contribution in [2.24, 2.45) is 0 Å². The Morgan fingerprint density at radius 3 is 2.90 bits per heavy atom. The van der Waals surface area contributed by atoms with Crippen molar-refractivity contribution in [3.8, 4) is 11.1 Å². The summed E-state index contributed by atoms with van der Waals surface area (Å²) in [6.07, 6.45) is 3.34. The third-order valence-corrected chi connectivity index (χ3v) is 3.00. The number of carboxylic acid groups (broad SMARTS) is 1. The van der Waals surface area contributed by atoms with Gasteiger partial charge in [-0.15, -0.1) is 0 Å². The maximum Gasteiger partial charge on any atom is 0.335 e. The lowest BCUT2D eigenvalue weighted by atomic mass is 10.0. The molecule has 0 aliphatic heterocycles. The van der Waals surface area contributed by atoms with E-state index in [1.165, 1.54) is 12.1 Å². The molecule has 1 N–H and O–H groups in total. The van der Waals surface area contributed by atoms with Crippen molar-refractivity contribution in [3.63, 3.8) is 0 Å². The molecule has 3 rings (SSSR count). The van der Waals surface area contributed by atoms with E-state index in [9.17, 15) is 9.18 Å². The van der Waals surface area contributed by atoms with E-state index in [1.54, 1.807) is 29.9 Å². The van der Waals surface area contributed by atoms with E-state index in [0.29, 0.717) is 22.5 Å². The van der Waals surface area contributed by atoms with Gasteiger partial charge in [0.25, 0.3) is 0 Å². The molecular weight excluding hydrogens is 261 g/mol. The Bertz CT molecular complexity index is 826. The molecular formula is C14H10FN3O2. The fourth-order valence-electron chi connectivity index (χ4n) is 2.19. The van der Waals surface area contributed by atoms with Crippen LogP contribution in [-0.4, -0.2) is 25.7 Å². The average molecular weight is 271 g/mol. The molecule has 0 atom stereocenters. The lowest BCUT2D eigenvalue weighted by molar-refractivity contribution is 0.0696. The van der Waals surface area contributed by atoms with Crippen LogP contribution < -0.4 is 0 Å². The Morgan fingerprint density at radius 1 is 1.35 bits per heavy atom. The molecule has 3 aromatic rings. The number of aryl methyl sites for hydroxylation is 1. The molecule has 0 saturated heterocycles. The van der Waals surface area contributed by atoms with Crippen LogP contribution in [0, 0.1) is 12.7 Å². The summed E-state index contributed by atoms with van der Waals surface area (Å²) >= 11 is 0. The number of hydrogen-bond acceptors (Lipinski definition) is 3. The Labute approximate surface area is 113 Å². The van der Waals surface area contributed by atoms with Gasteiger partial charge in [-0.2, -0.15) is 5.10 Å². The molecule has 2 heterocycles. The number of halogens is 1. The predicted octanol–water partition coefficient (Wildman–Crippen LogP) is 2.54. The minimum Gasteiger partial charge on any atom is -0.478 e. The van der Waals surface area contributed by atoms with Crippen molar-refractivity contribution in [1.29, 1.82) is 0 Å². The predicted molar refractivity (Wildman–Crippen MR) is 70.1 cm³/mol. The molecule has 0 aliphatic carbocycles. The number of rotatable bonds is 2. The summed E-state index contributed by atoms with van der Waals surface area (Å²) in [6, 6.07) is 5.42. The first-order valence-corrected chi connectivity index (χ1v) is 5.90. The summed E-state index contributed by atoms with van der Waals surface area (Å²) in [5.74, 6) is -1.78. The lowest BCUT2D eigenvalue weighted by Gasteiger charge is -2.03. The van der Waals surface area contributed by atoms with Crippen LogP contribution >= 0.6 is 0 Å². The number of hydrogen-bond donors (Lipinski definition) is 1. The van der Waals surface area contributed by atoms with Gasteiger partial charge < -0.3 is 5.11 Å². The summed E-state index contributed by atoms with van der Waals surface area (Å²) in [5, 5.41) is 13.3. The van der Waals surface area contributed by atoms with Gasteiger partial charge >= 0.3 is 5.97 Å². The van der Waals surface area contributed by atoms with Crippen molar-refractivity contribution in [2.75, 3.05) is 0 Å². The van der Waals surface area contributed by atoms with Gasteiger partial charge in [0.2, 0.25) is 0 Å². The smallest absolute Gasteiger partial charge is 0.335 e. The molecule has 5 nitrogen and oxygen atoms in total. The maximum absolute atomic E-state index is 13.6. The van der Waals surface area contributed by atoms with Crippen LogP contribution in [-0.2, 0) is 0 Å². The maximum atomic E-state index is 13.6. The third-order valence-electron chi connectivity index (χ3n) is 3.00. The molecule has 6 heteroatoms. The summed E-state index contributed by atoms with van der Waals surface area (Å²) in [7, 11) is 0. The van der Waals surface area contributed by atoms with Gasteiger partial charge in [-0.1, -0.05) is 0 Å². The van der Waals surface area contributed by atoms with Crippen LogP contribution in [0.2, 0.25) is 0 Å². The highest BCUT2D eigenvalue weighted by Crippen LogP contribution is 2.28. The molecule has 0 radical (unpaired) electrons. The monoisotopic (exact) mass is 271 g/mol. The Balaban J connectivity index is 2.30.